The van der Waals surface area contributed by atoms with E-state index in [0.717, 1.165) is 11.3 Å². The number of ether oxygens (including phenoxy) is 1. The molecule has 2 N–H and O–H groups in total. The van der Waals surface area contributed by atoms with Gasteiger partial charge in [0.1, 0.15) is 5.75 Å². The van der Waals surface area contributed by atoms with Gasteiger partial charge in [-0.05, 0) is 44.9 Å². The first-order valence-corrected chi connectivity index (χ1v) is 7.18. The number of nitrogens with one attached hydrogen (secondary N) is 1. The average molecular weight is 291 g/mol. The lowest BCUT2D eigenvalue weighted by atomic mass is 10.1. The summed E-state index contributed by atoms with van der Waals surface area (Å²) in [7, 11) is 0. The lowest BCUT2D eigenvalue weighted by Gasteiger charge is -2.15. The Bertz CT molecular complexity index is 524. The van der Waals surface area contributed by atoms with E-state index in [9.17, 15) is 9.59 Å². The molecular weight excluding hydrogens is 270 g/mol. The van der Waals surface area contributed by atoms with Gasteiger partial charge in [0.25, 0.3) is 0 Å². The maximum atomic E-state index is 11.9. The van der Waals surface area contributed by atoms with E-state index in [1.165, 1.54) is 0 Å². The van der Waals surface area contributed by atoms with E-state index in [-0.39, 0.29) is 24.0 Å². The van der Waals surface area contributed by atoms with Crippen LogP contribution in [0.25, 0.3) is 0 Å². The van der Waals surface area contributed by atoms with Gasteiger partial charge >= 0.3 is 5.97 Å². The van der Waals surface area contributed by atoms with Crippen LogP contribution in [0.3, 0.4) is 0 Å². The van der Waals surface area contributed by atoms with Gasteiger partial charge in [0.15, 0.2) is 0 Å². The highest BCUT2D eigenvalue weighted by molar-refractivity contribution is 5.89. The van der Waals surface area contributed by atoms with Gasteiger partial charge in [0.2, 0.25) is 5.91 Å². The van der Waals surface area contributed by atoms with Crippen LogP contribution in [0.2, 0.25) is 0 Å². The van der Waals surface area contributed by atoms with Crippen molar-refractivity contribution in [3.8, 4) is 5.75 Å². The summed E-state index contributed by atoms with van der Waals surface area (Å²) in [5, 5.41) is 11.7. The Morgan fingerprint density at radius 3 is 2.29 bits per heavy atom. The van der Waals surface area contributed by atoms with Gasteiger partial charge in [-0.1, -0.05) is 12.1 Å². The van der Waals surface area contributed by atoms with Crippen molar-refractivity contribution in [3.05, 3.63) is 29.8 Å². The molecule has 5 heteroatoms. The lowest BCUT2D eigenvalue weighted by molar-refractivity contribution is -0.140. The van der Waals surface area contributed by atoms with Crippen LogP contribution in [0.4, 0.5) is 0 Å². The van der Waals surface area contributed by atoms with Crippen LogP contribution >= 0.6 is 0 Å². The number of rotatable bonds is 6. The largest absolute Gasteiger partial charge is 0.491 e. The van der Waals surface area contributed by atoms with E-state index in [4.69, 9.17) is 9.84 Å². The zero-order valence-electron chi connectivity index (χ0n) is 12.5. The molecule has 1 fully saturated rings. The number of hydrogen-bond acceptors (Lipinski definition) is 3. The van der Waals surface area contributed by atoms with Crippen molar-refractivity contribution >= 4 is 11.9 Å². The first kappa shape index (κ1) is 15.4. The Labute approximate surface area is 124 Å². The number of carboxylic acid groups (broad SMARTS) is 1. The van der Waals surface area contributed by atoms with Crippen molar-refractivity contribution in [2.24, 2.45) is 11.8 Å². The maximum absolute atomic E-state index is 11.9. The molecule has 3 unspecified atom stereocenters. The van der Waals surface area contributed by atoms with Crippen LogP contribution < -0.4 is 10.1 Å². The van der Waals surface area contributed by atoms with Crippen molar-refractivity contribution < 1.29 is 19.4 Å². The Balaban J connectivity index is 1.90. The van der Waals surface area contributed by atoms with Gasteiger partial charge in [0, 0.05) is 0 Å². The molecule has 2 rings (SSSR count). The molecule has 21 heavy (non-hydrogen) atoms. The lowest BCUT2D eigenvalue weighted by Crippen LogP contribution is -2.29. The molecule has 0 aromatic heterocycles. The number of carboxylic acids is 1. The van der Waals surface area contributed by atoms with Gasteiger partial charge in [-0.25, -0.2) is 0 Å². The highest BCUT2D eigenvalue weighted by atomic mass is 16.5. The third kappa shape index (κ3) is 3.97. The van der Waals surface area contributed by atoms with Crippen molar-refractivity contribution in [2.75, 3.05) is 0 Å². The van der Waals surface area contributed by atoms with Crippen molar-refractivity contribution in [1.82, 2.24) is 5.32 Å². The SMILES string of the molecule is CC(C)Oc1ccc(C(C)NC(=O)C2CC2C(=O)O)cc1. The van der Waals surface area contributed by atoms with Crippen molar-refractivity contribution in [2.45, 2.75) is 39.3 Å². The molecule has 1 aliphatic carbocycles. The number of amides is 1. The van der Waals surface area contributed by atoms with E-state index < -0.39 is 11.9 Å². The standard InChI is InChI=1S/C16H21NO4/c1-9(2)21-12-6-4-11(5-7-12)10(3)17-15(18)13-8-14(13)16(19)20/h4-7,9-10,13-14H,8H2,1-3H3,(H,17,18)(H,19,20). The Kier molecular flexibility index (Phi) is 4.50. The average Bonchev–Trinajstić information content (AvgIpc) is 3.19. The fraction of sp³-hybridized carbons (Fsp3) is 0.500. The first-order chi connectivity index (χ1) is 9.88. The van der Waals surface area contributed by atoms with Gasteiger partial charge in [-0.3, -0.25) is 9.59 Å². The molecule has 1 amide bonds. The van der Waals surface area contributed by atoms with Crippen LogP contribution in [0.1, 0.15) is 38.8 Å². The van der Waals surface area contributed by atoms with Gasteiger partial charge in [-0.15, -0.1) is 0 Å². The number of carbonyl (C=O) groups is 2. The minimum absolute atomic E-state index is 0.121. The summed E-state index contributed by atoms with van der Waals surface area (Å²) in [5.41, 5.74) is 0.965. The minimum atomic E-state index is -0.891. The molecule has 0 saturated heterocycles. The Hall–Kier alpha value is -2.04. The summed E-state index contributed by atoms with van der Waals surface area (Å²) in [4.78, 5) is 22.7. The summed E-state index contributed by atoms with van der Waals surface area (Å²) in [5.74, 6) is -1.18. The summed E-state index contributed by atoms with van der Waals surface area (Å²) in [6.07, 6.45) is 0.561. The maximum Gasteiger partial charge on any atom is 0.307 e. The zero-order chi connectivity index (χ0) is 15.6. The minimum Gasteiger partial charge on any atom is -0.491 e. The van der Waals surface area contributed by atoms with E-state index in [0.29, 0.717) is 6.42 Å². The smallest absolute Gasteiger partial charge is 0.307 e. The molecular formula is C16H21NO4. The molecule has 0 radical (unpaired) electrons. The number of carbonyl (C=O) groups excluding carboxylic acids is 1. The summed E-state index contributed by atoms with van der Waals surface area (Å²) >= 11 is 0. The normalized spacial score (nSPS) is 21.7. The van der Waals surface area contributed by atoms with E-state index in [2.05, 4.69) is 5.32 Å². The fourth-order valence-electron chi connectivity index (χ4n) is 2.27. The van der Waals surface area contributed by atoms with E-state index >= 15 is 0 Å². The second-order valence-corrected chi connectivity index (χ2v) is 5.75. The summed E-state index contributed by atoms with van der Waals surface area (Å²) < 4.78 is 5.57. The highest BCUT2D eigenvalue weighted by Gasteiger charge is 2.48. The molecule has 1 aromatic rings. The number of benzene rings is 1. The summed E-state index contributed by atoms with van der Waals surface area (Å²) in [6.45, 7) is 5.81. The molecule has 3 atom stereocenters. The molecule has 0 aliphatic heterocycles. The second kappa shape index (κ2) is 6.16. The quantitative estimate of drug-likeness (QED) is 0.843. The molecule has 0 bridgehead atoms. The molecule has 0 spiro atoms. The first-order valence-electron chi connectivity index (χ1n) is 7.18. The number of hydrogen-bond donors (Lipinski definition) is 2. The summed E-state index contributed by atoms with van der Waals surface area (Å²) in [6, 6.07) is 7.40. The van der Waals surface area contributed by atoms with Gasteiger partial charge in [0.05, 0.1) is 24.0 Å². The van der Waals surface area contributed by atoms with Crippen molar-refractivity contribution in [3.63, 3.8) is 0 Å². The van der Waals surface area contributed by atoms with Crippen LogP contribution in [0, 0.1) is 11.8 Å². The van der Waals surface area contributed by atoms with Crippen molar-refractivity contribution in [1.29, 1.82) is 0 Å². The molecule has 1 aromatic carbocycles. The molecule has 1 saturated carbocycles. The monoisotopic (exact) mass is 291 g/mol. The predicted molar refractivity (Wildman–Crippen MR) is 78.0 cm³/mol. The van der Waals surface area contributed by atoms with Crippen LogP contribution in [-0.2, 0) is 9.59 Å². The van der Waals surface area contributed by atoms with Gasteiger partial charge in [-0.2, -0.15) is 0 Å². The van der Waals surface area contributed by atoms with E-state index in [1.807, 2.05) is 45.0 Å². The van der Waals surface area contributed by atoms with Crippen LogP contribution in [0.5, 0.6) is 5.75 Å². The topological polar surface area (TPSA) is 75.6 Å². The molecule has 5 nitrogen and oxygen atoms in total. The number of aliphatic carboxylic acids is 1. The Morgan fingerprint density at radius 1 is 1.19 bits per heavy atom. The van der Waals surface area contributed by atoms with Crippen LogP contribution in [-0.4, -0.2) is 23.1 Å². The van der Waals surface area contributed by atoms with Gasteiger partial charge < -0.3 is 15.2 Å². The molecule has 114 valence electrons. The third-order valence-corrected chi connectivity index (χ3v) is 3.56. The molecule has 0 heterocycles. The predicted octanol–water partition coefficient (Wildman–Crippen LogP) is 2.37. The zero-order valence-corrected chi connectivity index (χ0v) is 12.5. The van der Waals surface area contributed by atoms with E-state index in [1.54, 1.807) is 0 Å². The van der Waals surface area contributed by atoms with Crippen LogP contribution in [0.15, 0.2) is 24.3 Å². The highest BCUT2D eigenvalue weighted by Crippen LogP contribution is 2.39. The molecule has 1 aliphatic rings. The second-order valence-electron chi connectivity index (χ2n) is 5.75. The fourth-order valence-corrected chi connectivity index (χ4v) is 2.27. The third-order valence-electron chi connectivity index (χ3n) is 3.56. The Morgan fingerprint density at radius 2 is 1.81 bits per heavy atom.